The van der Waals surface area contributed by atoms with Crippen molar-refractivity contribution in [1.29, 1.82) is 0 Å². The minimum Gasteiger partial charge on any atom is -0.462 e. The van der Waals surface area contributed by atoms with E-state index in [0.717, 1.165) is 135 Å². The molecular formula is C66H102O6. The topological polar surface area (TPSA) is 78.9 Å². The van der Waals surface area contributed by atoms with Gasteiger partial charge in [0.15, 0.2) is 6.10 Å². The van der Waals surface area contributed by atoms with Crippen molar-refractivity contribution in [2.75, 3.05) is 13.2 Å². The lowest BCUT2D eigenvalue weighted by molar-refractivity contribution is -0.166. The van der Waals surface area contributed by atoms with E-state index in [-0.39, 0.29) is 44.0 Å². The van der Waals surface area contributed by atoms with Gasteiger partial charge in [-0.3, -0.25) is 14.4 Å². The first-order valence-corrected chi connectivity index (χ1v) is 28.5. The molecule has 0 heterocycles. The lowest BCUT2D eigenvalue weighted by Gasteiger charge is -2.18. The predicted octanol–water partition coefficient (Wildman–Crippen LogP) is 19.4. The second-order valence-electron chi connectivity index (χ2n) is 18.1. The molecular weight excluding hydrogens is 889 g/mol. The fraction of sp³-hybridized carbons (Fsp3) is 0.561. The Hall–Kier alpha value is -4.97. The number of unbranched alkanes of at least 4 members (excludes halogenated alkanes) is 12. The number of hydrogen-bond acceptors (Lipinski definition) is 6. The first kappa shape index (κ1) is 67.0. The number of hydrogen-bond donors (Lipinski definition) is 0. The van der Waals surface area contributed by atoms with E-state index in [1.165, 1.54) is 32.1 Å². The summed E-state index contributed by atoms with van der Waals surface area (Å²) in [4.78, 5) is 38.1. The highest BCUT2D eigenvalue weighted by Gasteiger charge is 2.19. The van der Waals surface area contributed by atoms with Gasteiger partial charge >= 0.3 is 17.9 Å². The standard InChI is InChI=1S/C66H102O6/c1-4-7-10-13-16-19-22-25-28-31-33-35-38-41-44-47-50-53-56-59-65(68)71-62-63(61-70-64(67)58-55-52-49-46-43-40-37-30-27-24-21-18-15-12-9-6-3)72-66(69)60-57-54-51-48-45-42-39-36-34-32-29-26-23-20-17-14-11-8-5-2/h7-8,10-11,16-17,19-21,24-26,28-30,33-37,41-42,44-45,50,53,63H,4-6,9,12-15,18,22-23,27,31-32,38-40,43,46-49,51-52,54-62H2,1-3H3/b10-7-,11-8-,19-16-,20-17-,24-21-,28-25-,29-26-,35-33-,36-34-,37-30-,44-41-,45-42-,53-50-. The van der Waals surface area contributed by atoms with Crippen LogP contribution in [-0.4, -0.2) is 37.2 Å². The summed E-state index contributed by atoms with van der Waals surface area (Å²) in [5.74, 6) is -1.07. The van der Waals surface area contributed by atoms with Gasteiger partial charge in [-0.05, 0) is 135 Å². The molecule has 0 aliphatic carbocycles. The van der Waals surface area contributed by atoms with Gasteiger partial charge in [-0.1, -0.05) is 224 Å². The van der Waals surface area contributed by atoms with E-state index in [4.69, 9.17) is 14.2 Å². The zero-order valence-electron chi connectivity index (χ0n) is 45.9. The van der Waals surface area contributed by atoms with E-state index in [1.807, 2.05) is 12.2 Å². The molecule has 0 aromatic rings. The summed E-state index contributed by atoms with van der Waals surface area (Å²) in [7, 11) is 0. The molecule has 0 saturated heterocycles. The van der Waals surface area contributed by atoms with Crippen LogP contribution < -0.4 is 0 Å². The van der Waals surface area contributed by atoms with Crippen molar-refractivity contribution in [1.82, 2.24) is 0 Å². The molecule has 6 heteroatoms. The van der Waals surface area contributed by atoms with Crippen molar-refractivity contribution >= 4 is 17.9 Å². The third-order valence-corrected chi connectivity index (χ3v) is 11.3. The number of ether oxygens (including phenoxy) is 3. The highest BCUT2D eigenvalue weighted by Crippen LogP contribution is 2.12. The van der Waals surface area contributed by atoms with Gasteiger partial charge < -0.3 is 14.2 Å². The average Bonchev–Trinajstić information content (AvgIpc) is 3.38. The Morgan fingerprint density at radius 1 is 0.292 bits per heavy atom. The van der Waals surface area contributed by atoms with Gasteiger partial charge in [-0.15, -0.1) is 0 Å². The largest absolute Gasteiger partial charge is 0.462 e. The van der Waals surface area contributed by atoms with Gasteiger partial charge in [-0.25, -0.2) is 0 Å². The van der Waals surface area contributed by atoms with Crippen LogP contribution in [0.4, 0.5) is 0 Å². The number of esters is 3. The van der Waals surface area contributed by atoms with Crippen molar-refractivity contribution in [3.63, 3.8) is 0 Å². The van der Waals surface area contributed by atoms with Crippen LogP contribution >= 0.6 is 0 Å². The van der Waals surface area contributed by atoms with Gasteiger partial charge in [0.25, 0.3) is 0 Å². The van der Waals surface area contributed by atoms with Gasteiger partial charge in [0.2, 0.25) is 0 Å². The maximum atomic E-state index is 12.9. The molecule has 0 aliphatic rings. The average molecular weight is 992 g/mol. The van der Waals surface area contributed by atoms with Gasteiger partial charge in [0.05, 0.1) is 0 Å². The second kappa shape index (κ2) is 58.6. The summed E-state index contributed by atoms with van der Waals surface area (Å²) in [6.07, 6.45) is 85.2. The van der Waals surface area contributed by atoms with E-state index in [1.54, 1.807) is 0 Å². The number of carbonyl (C=O) groups is 3. The Labute approximate surface area is 441 Å². The van der Waals surface area contributed by atoms with E-state index in [9.17, 15) is 14.4 Å². The quantitative estimate of drug-likeness (QED) is 0.0262. The first-order valence-electron chi connectivity index (χ1n) is 28.5. The third-order valence-electron chi connectivity index (χ3n) is 11.3. The number of rotatable bonds is 49. The SMILES string of the molecule is CC/C=C\C/C=C\C/C=C\C/C=C\C/C=C\C/C=C\CCC(=O)OCC(COC(=O)CCCCCCC/C=C\C/C=C\CCCCCC)OC(=O)CCCCC/C=C\C/C=C\C/C=C\C/C=C\C/C=C\CC. The Bertz CT molecular complexity index is 1660. The molecule has 0 aromatic carbocycles. The zero-order valence-corrected chi connectivity index (χ0v) is 45.9. The van der Waals surface area contributed by atoms with Crippen molar-refractivity contribution in [2.45, 2.75) is 226 Å². The summed E-state index contributed by atoms with van der Waals surface area (Å²) in [6.45, 7) is 6.27. The molecule has 72 heavy (non-hydrogen) atoms. The zero-order chi connectivity index (χ0) is 52.2. The normalized spacial score (nSPS) is 13.3. The van der Waals surface area contributed by atoms with Crippen LogP contribution in [-0.2, 0) is 28.6 Å². The van der Waals surface area contributed by atoms with Crippen molar-refractivity contribution < 1.29 is 28.6 Å². The Kier molecular flexibility index (Phi) is 54.6. The molecule has 0 N–H and O–H groups in total. The monoisotopic (exact) mass is 991 g/mol. The van der Waals surface area contributed by atoms with Crippen molar-refractivity contribution in [3.05, 3.63) is 158 Å². The third kappa shape index (κ3) is 56.0. The summed E-state index contributed by atoms with van der Waals surface area (Å²) < 4.78 is 16.8. The molecule has 0 fully saturated rings. The molecule has 0 rings (SSSR count). The molecule has 0 aromatic heterocycles. The minimum atomic E-state index is -0.841. The van der Waals surface area contributed by atoms with Crippen LogP contribution in [0.3, 0.4) is 0 Å². The molecule has 402 valence electrons. The summed E-state index contributed by atoms with van der Waals surface area (Å²) in [5, 5.41) is 0. The van der Waals surface area contributed by atoms with Crippen LogP contribution in [0.15, 0.2) is 158 Å². The maximum Gasteiger partial charge on any atom is 0.306 e. The lowest BCUT2D eigenvalue weighted by atomic mass is 10.1. The summed E-state index contributed by atoms with van der Waals surface area (Å²) in [6, 6.07) is 0. The van der Waals surface area contributed by atoms with Gasteiger partial charge in [0.1, 0.15) is 13.2 Å². The van der Waals surface area contributed by atoms with Crippen molar-refractivity contribution in [2.24, 2.45) is 0 Å². The molecule has 0 saturated carbocycles. The molecule has 0 spiro atoms. The van der Waals surface area contributed by atoms with E-state index < -0.39 is 6.10 Å². The number of allylic oxidation sites excluding steroid dienone is 26. The Morgan fingerprint density at radius 3 is 0.944 bits per heavy atom. The fourth-order valence-electron chi connectivity index (χ4n) is 7.05. The van der Waals surface area contributed by atoms with Crippen LogP contribution in [0.1, 0.15) is 220 Å². The number of carbonyl (C=O) groups excluding carboxylic acids is 3. The molecule has 0 aliphatic heterocycles. The van der Waals surface area contributed by atoms with E-state index >= 15 is 0 Å². The summed E-state index contributed by atoms with van der Waals surface area (Å²) >= 11 is 0. The highest BCUT2D eigenvalue weighted by molar-refractivity contribution is 5.71. The van der Waals surface area contributed by atoms with E-state index in [2.05, 4.69) is 167 Å². The van der Waals surface area contributed by atoms with Crippen LogP contribution in [0.2, 0.25) is 0 Å². The Morgan fingerprint density at radius 2 is 0.569 bits per heavy atom. The van der Waals surface area contributed by atoms with Gasteiger partial charge in [-0.2, -0.15) is 0 Å². The van der Waals surface area contributed by atoms with Crippen LogP contribution in [0.5, 0.6) is 0 Å². The predicted molar refractivity (Wildman–Crippen MR) is 311 cm³/mol. The molecule has 1 atom stereocenters. The molecule has 1 unspecified atom stereocenters. The molecule has 0 radical (unpaired) electrons. The van der Waals surface area contributed by atoms with Crippen LogP contribution in [0, 0.1) is 0 Å². The Balaban J connectivity index is 4.63. The lowest BCUT2D eigenvalue weighted by Crippen LogP contribution is -2.30. The minimum absolute atomic E-state index is 0.130. The first-order chi connectivity index (χ1) is 35.5. The molecule has 6 nitrogen and oxygen atoms in total. The highest BCUT2D eigenvalue weighted by atomic mass is 16.6. The fourth-order valence-corrected chi connectivity index (χ4v) is 7.05. The molecule has 0 bridgehead atoms. The van der Waals surface area contributed by atoms with E-state index in [0.29, 0.717) is 19.3 Å². The smallest absolute Gasteiger partial charge is 0.306 e. The molecule has 0 amide bonds. The second-order valence-corrected chi connectivity index (χ2v) is 18.1. The van der Waals surface area contributed by atoms with Gasteiger partial charge in [0, 0.05) is 19.3 Å². The summed E-state index contributed by atoms with van der Waals surface area (Å²) in [5.41, 5.74) is 0. The van der Waals surface area contributed by atoms with Crippen LogP contribution in [0.25, 0.3) is 0 Å². The maximum absolute atomic E-state index is 12.9. The van der Waals surface area contributed by atoms with Crippen molar-refractivity contribution in [3.8, 4) is 0 Å².